The number of benzene rings is 1. The van der Waals surface area contributed by atoms with Crippen molar-refractivity contribution in [1.29, 1.82) is 0 Å². The molecule has 1 aromatic carbocycles. The average molecular weight is 295 g/mol. The number of rotatable bonds is 5. The summed E-state index contributed by atoms with van der Waals surface area (Å²) in [6.07, 6.45) is 3.55. The summed E-state index contributed by atoms with van der Waals surface area (Å²) in [6, 6.07) is 8.28. The van der Waals surface area contributed by atoms with Gasteiger partial charge in [0.25, 0.3) is 0 Å². The fourth-order valence-corrected chi connectivity index (χ4v) is 2.21. The fourth-order valence-electron chi connectivity index (χ4n) is 1.44. The SMILES string of the molecule is C/C=C\C(NSc1cccc(C(C)C)c1)=C(/C)F.CC. The lowest BCUT2D eigenvalue weighted by atomic mass is 10.0. The Morgan fingerprint density at radius 3 is 2.45 bits per heavy atom. The van der Waals surface area contributed by atoms with E-state index in [9.17, 15) is 4.39 Å². The summed E-state index contributed by atoms with van der Waals surface area (Å²) in [5.74, 6) is 0.291. The quantitative estimate of drug-likeness (QED) is 0.512. The molecular weight excluding hydrogens is 269 g/mol. The van der Waals surface area contributed by atoms with Gasteiger partial charge in [0.05, 0.1) is 5.70 Å². The van der Waals surface area contributed by atoms with Gasteiger partial charge in [0.15, 0.2) is 0 Å². The first-order valence-electron chi connectivity index (χ1n) is 7.06. The standard InChI is InChI=1S/C15H20FNS.C2H6/c1-5-7-15(12(4)16)17-18-14-9-6-8-13(10-14)11(2)3;1-2/h5-11,17H,1-4H3;1-2H3/b7-5-,15-12-;. The van der Waals surface area contributed by atoms with Gasteiger partial charge in [0, 0.05) is 4.90 Å². The Morgan fingerprint density at radius 2 is 1.95 bits per heavy atom. The number of nitrogens with one attached hydrogen (secondary N) is 1. The minimum atomic E-state index is -0.208. The number of halogens is 1. The average Bonchev–Trinajstić information content (AvgIpc) is 2.45. The largest absolute Gasteiger partial charge is 0.323 e. The molecule has 0 unspecified atom stereocenters. The second kappa shape index (κ2) is 10.6. The highest BCUT2D eigenvalue weighted by Gasteiger charge is 2.02. The van der Waals surface area contributed by atoms with Crippen LogP contribution < -0.4 is 4.72 Å². The summed E-state index contributed by atoms with van der Waals surface area (Å²) < 4.78 is 16.3. The van der Waals surface area contributed by atoms with E-state index in [0.717, 1.165) is 4.90 Å². The second-order valence-corrected chi connectivity index (χ2v) is 5.26. The Balaban J connectivity index is 0.00000172. The van der Waals surface area contributed by atoms with Crippen LogP contribution in [0.25, 0.3) is 0 Å². The van der Waals surface area contributed by atoms with Crippen molar-refractivity contribution in [3.8, 4) is 0 Å². The molecule has 0 aliphatic heterocycles. The highest BCUT2D eigenvalue weighted by atomic mass is 32.2. The minimum absolute atomic E-state index is 0.208. The highest BCUT2D eigenvalue weighted by molar-refractivity contribution is 7.97. The molecule has 0 amide bonds. The van der Waals surface area contributed by atoms with Crippen molar-refractivity contribution in [2.75, 3.05) is 0 Å². The van der Waals surface area contributed by atoms with Crippen LogP contribution in [0.15, 0.2) is 52.8 Å². The van der Waals surface area contributed by atoms with Crippen LogP contribution in [0.3, 0.4) is 0 Å². The molecule has 0 aromatic heterocycles. The Labute approximate surface area is 127 Å². The van der Waals surface area contributed by atoms with Gasteiger partial charge in [0.2, 0.25) is 0 Å². The first-order chi connectivity index (χ1) is 9.54. The van der Waals surface area contributed by atoms with Crippen molar-refractivity contribution in [1.82, 2.24) is 4.72 Å². The van der Waals surface area contributed by atoms with Gasteiger partial charge in [-0.25, -0.2) is 4.39 Å². The predicted octanol–water partition coefficient (Wildman–Crippen LogP) is 6.21. The van der Waals surface area contributed by atoms with E-state index >= 15 is 0 Å². The molecule has 1 N–H and O–H groups in total. The van der Waals surface area contributed by atoms with Crippen LogP contribution in [-0.2, 0) is 0 Å². The maximum absolute atomic E-state index is 13.2. The molecule has 3 heteroatoms. The van der Waals surface area contributed by atoms with Crippen LogP contribution in [0.5, 0.6) is 0 Å². The van der Waals surface area contributed by atoms with Gasteiger partial charge in [-0.05, 0) is 55.5 Å². The Kier molecular flexibility index (Phi) is 9.91. The molecule has 0 atom stereocenters. The summed E-state index contributed by atoms with van der Waals surface area (Å²) in [7, 11) is 0. The molecule has 0 heterocycles. The van der Waals surface area contributed by atoms with Crippen molar-refractivity contribution in [2.24, 2.45) is 0 Å². The normalized spacial score (nSPS) is 12.0. The van der Waals surface area contributed by atoms with Crippen molar-refractivity contribution < 1.29 is 4.39 Å². The molecular formula is C17H26FNS. The van der Waals surface area contributed by atoms with E-state index in [1.54, 1.807) is 6.08 Å². The Morgan fingerprint density at radius 1 is 1.30 bits per heavy atom. The second-order valence-electron chi connectivity index (χ2n) is 4.38. The van der Waals surface area contributed by atoms with Crippen LogP contribution in [0.4, 0.5) is 4.39 Å². The van der Waals surface area contributed by atoms with Crippen LogP contribution in [0, 0.1) is 0 Å². The molecule has 0 spiro atoms. The van der Waals surface area contributed by atoms with Gasteiger partial charge in [-0.3, -0.25) is 0 Å². The number of hydrogen-bond donors (Lipinski definition) is 1. The molecule has 1 nitrogen and oxygen atoms in total. The van der Waals surface area contributed by atoms with Crippen molar-refractivity contribution in [3.63, 3.8) is 0 Å². The van der Waals surface area contributed by atoms with Gasteiger partial charge in [-0.15, -0.1) is 0 Å². The van der Waals surface area contributed by atoms with E-state index < -0.39 is 0 Å². The van der Waals surface area contributed by atoms with Crippen molar-refractivity contribution in [2.45, 2.75) is 52.4 Å². The smallest absolute Gasteiger partial charge is 0.121 e. The maximum Gasteiger partial charge on any atom is 0.121 e. The lowest BCUT2D eigenvalue weighted by Crippen LogP contribution is -2.02. The molecule has 1 aromatic rings. The third kappa shape index (κ3) is 6.80. The topological polar surface area (TPSA) is 12.0 Å². The minimum Gasteiger partial charge on any atom is -0.323 e. The van der Waals surface area contributed by atoms with E-state index in [1.165, 1.54) is 24.4 Å². The van der Waals surface area contributed by atoms with Crippen LogP contribution >= 0.6 is 11.9 Å². The van der Waals surface area contributed by atoms with E-state index in [2.05, 4.69) is 30.7 Å². The molecule has 0 saturated carbocycles. The van der Waals surface area contributed by atoms with E-state index in [4.69, 9.17) is 0 Å². The highest BCUT2D eigenvalue weighted by Crippen LogP contribution is 2.22. The summed E-state index contributed by atoms with van der Waals surface area (Å²) in [5, 5.41) is 0. The van der Waals surface area contributed by atoms with Gasteiger partial charge in [0.1, 0.15) is 5.83 Å². The van der Waals surface area contributed by atoms with Crippen molar-refractivity contribution >= 4 is 11.9 Å². The van der Waals surface area contributed by atoms with E-state index in [1.807, 2.05) is 39.0 Å². The van der Waals surface area contributed by atoms with Gasteiger partial charge in [-0.2, -0.15) is 0 Å². The molecule has 0 aliphatic rings. The molecule has 0 radical (unpaired) electrons. The van der Waals surface area contributed by atoms with Gasteiger partial charge < -0.3 is 4.72 Å². The molecule has 20 heavy (non-hydrogen) atoms. The zero-order chi connectivity index (χ0) is 15.5. The number of allylic oxidation sites excluding steroid dienone is 3. The van der Waals surface area contributed by atoms with Crippen LogP contribution in [0.1, 0.15) is 53.0 Å². The molecule has 112 valence electrons. The van der Waals surface area contributed by atoms with Crippen molar-refractivity contribution in [3.05, 3.63) is 53.5 Å². The Bertz CT molecular complexity index is 446. The molecule has 0 fully saturated rings. The number of hydrogen-bond acceptors (Lipinski definition) is 2. The zero-order valence-corrected chi connectivity index (χ0v) is 14.1. The predicted molar refractivity (Wildman–Crippen MR) is 89.5 cm³/mol. The molecule has 0 aliphatic carbocycles. The van der Waals surface area contributed by atoms with E-state index in [0.29, 0.717) is 11.6 Å². The monoisotopic (exact) mass is 295 g/mol. The lowest BCUT2D eigenvalue weighted by Gasteiger charge is -2.09. The summed E-state index contributed by atoms with van der Waals surface area (Å²) in [5.41, 5.74) is 1.80. The maximum atomic E-state index is 13.2. The first-order valence-corrected chi connectivity index (χ1v) is 7.88. The van der Waals surface area contributed by atoms with E-state index in [-0.39, 0.29) is 5.83 Å². The first kappa shape index (κ1) is 18.8. The lowest BCUT2D eigenvalue weighted by molar-refractivity contribution is 0.627. The van der Waals surface area contributed by atoms with Crippen LogP contribution in [-0.4, -0.2) is 0 Å². The molecule has 0 saturated heterocycles. The summed E-state index contributed by atoms with van der Waals surface area (Å²) in [6.45, 7) is 11.6. The van der Waals surface area contributed by atoms with Gasteiger partial charge in [-0.1, -0.05) is 45.9 Å². The Hall–Kier alpha value is -1.22. The summed E-state index contributed by atoms with van der Waals surface area (Å²) in [4.78, 5) is 1.09. The third-order valence-corrected chi connectivity index (χ3v) is 3.32. The third-order valence-electron chi connectivity index (χ3n) is 2.51. The molecule has 0 bridgehead atoms. The van der Waals surface area contributed by atoms with Crippen LogP contribution in [0.2, 0.25) is 0 Å². The molecule has 1 rings (SSSR count). The van der Waals surface area contributed by atoms with Gasteiger partial charge >= 0.3 is 0 Å². The zero-order valence-electron chi connectivity index (χ0n) is 13.3. The fraction of sp³-hybridized carbons (Fsp3) is 0.412. The summed E-state index contributed by atoms with van der Waals surface area (Å²) >= 11 is 1.43.